The molecule has 1 amide bonds. The van der Waals surface area contributed by atoms with Crippen LogP contribution in [-0.2, 0) is 14.6 Å². The van der Waals surface area contributed by atoms with Crippen LogP contribution < -0.4 is 5.32 Å². The van der Waals surface area contributed by atoms with Crippen molar-refractivity contribution in [1.82, 2.24) is 10.2 Å². The summed E-state index contributed by atoms with van der Waals surface area (Å²) in [5.41, 5.74) is -0.472. The van der Waals surface area contributed by atoms with Gasteiger partial charge in [0.2, 0.25) is 0 Å². The number of nitrogens with zero attached hydrogens (tertiary/aromatic N) is 1. The van der Waals surface area contributed by atoms with Crippen LogP contribution in [0.5, 0.6) is 0 Å². The molecule has 2 unspecified atom stereocenters. The number of fused-ring (bicyclic) bond motifs is 2. The molecule has 2 fully saturated rings. The quantitative estimate of drug-likeness (QED) is 0.823. The maximum absolute atomic E-state index is 12.4. The molecule has 0 aromatic heterocycles. The highest BCUT2D eigenvalue weighted by atomic mass is 32.2. The number of nitrogens with one attached hydrogen (secondary N) is 1. The van der Waals surface area contributed by atoms with Crippen LogP contribution in [0.25, 0.3) is 0 Å². The fourth-order valence-electron chi connectivity index (χ4n) is 3.52. The first-order valence-electron chi connectivity index (χ1n) is 8.56. The van der Waals surface area contributed by atoms with Gasteiger partial charge < -0.3 is 15.0 Å². The molecule has 0 aromatic rings. The summed E-state index contributed by atoms with van der Waals surface area (Å²) in [4.78, 5) is 14.3. The van der Waals surface area contributed by atoms with Gasteiger partial charge in [0.05, 0.1) is 5.75 Å². The van der Waals surface area contributed by atoms with Crippen molar-refractivity contribution in [2.75, 3.05) is 18.1 Å². The molecule has 0 aromatic carbocycles. The highest BCUT2D eigenvalue weighted by molar-refractivity contribution is 7.91. The minimum atomic E-state index is -2.92. The zero-order valence-electron chi connectivity index (χ0n) is 14.7. The Kier molecular flexibility index (Phi) is 5.61. The molecule has 2 aliphatic heterocycles. The van der Waals surface area contributed by atoms with E-state index in [0.717, 1.165) is 25.7 Å². The average molecular weight is 346 g/mol. The van der Waals surface area contributed by atoms with Gasteiger partial charge in [-0.25, -0.2) is 13.2 Å². The molecule has 0 spiro atoms. The third-order valence-corrected chi connectivity index (χ3v) is 6.33. The maximum Gasteiger partial charge on any atom is 0.410 e. The lowest BCUT2D eigenvalue weighted by Gasteiger charge is -2.39. The van der Waals surface area contributed by atoms with E-state index >= 15 is 0 Å². The van der Waals surface area contributed by atoms with E-state index in [2.05, 4.69) is 5.32 Å². The SMILES string of the molecule is CCS(=O)(=O)CCNC1CC2CCC(C1)N2C(=O)OC(C)(C)C. The van der Waals surface area contributed by atoms with Crippen molar-refractivity contribution < 1.29 is 17.9 Å². The normalized spacial score (nSPS) is 28.0. The largest absolute Gasteiger partial charge is 0.444 e. The number of carbonyl (C=O) groups is 1. The summed E-state index contributed by atoms with van der Waals surface area (Å²) in [6, 6.07) is 0.714. The lowest BCUT2D eigenvalue weighted by Crippen LogP contribution is -2.53. The monoisotopic (exact) mass is 346 g/mol. The van der Waals surface area contributed by atoms with E-state index in [1.54, 1.807) is 6.92 Å². The molecule has 2 aliphatic rings. The van der Waals surface area contributed by atoms with Gasteiger partial charge in [-0.3, -0.25) is 0 Å². The molecule has 2 rings (SSSR count). The standard InChI is InChI=1S/C16H30N2O4S/c1-5-23(20,21)9-8-17-12-10-13-6-7-14(11-12)18(13)15(19)22-16(2,3)4/h12-14,17H,5-11H2,1-4H3. The highest BCUT2D eigenvalue weighted by Crippen LogP contribution is 2.36. The Bertz CT molecular complexity index is 513. The van der Waals surface area contributed by atoms with E-state index in [4.69, 9.17) is 4.74 Å². The predicted octanol–water partition coefficient (Wildman–Crippen LogP) is 1.94. The summed E-state index contributed by atoms with van der Waals surface area (Å²) in [7, 11) is -2.92. The van der Waals surface area contributed by atoms with E-state index in [1.165, 1.54) is 0 Å². The number of sulfone groups is 1. The third kappa shape index (κ3) is 5.08. The van der Waals surface area contributed by atoms with Crippen LogP contribution >= 0.6 is 0 Å². The molecule has 0 aliphatic carbocycles. The highest BCUT2D eigenvalue weighted by Gasteiger charge is 2.44. The van der Waals surface area contributed by atoms with E-state index in [0.29, 0.717) is 12.6 Å². The van der Waals surface area contributed by atoms with E-state index in [9.17, 15) is 13.2 Å². The smallest absolute Gasteiger partial charge is 0.410 e. The Morgan fingerprint density at radius 2 is 1.78 bits per heavy atom. The first kappa shape index (κ1) is 18.5. The van der Waals surface area contributed by atoms with Crippen molar-refractivity contribution in [1.29, 1.82) is 0 Å². The molecule has 2 heterocycles. The van der Waals surface area contributed by atoms with Gasteiger partial charge in [-0.05, 0) is 46.5 Å². The third-order valence-electron chi connectivity index (χ3n) is 4.62. The number of ether oxygens (including phenoxy) is 1. The second-order valence-electron chi connectivity index (χ2n) is 7.63. The summed E-state index contributed by atoms with van der Waals surface area (Å²) in [6.45, 7) is 7.82. The van der Waals surface area contributed by atoms with Crippen LogP contribution in [0.4, 0.5) is 4.79 Å². The number of amides is 1. The fourth-order valence-corrected chi connectivity index (χ4v) is 4.24. The van der Waals surface area contributed by atoms with E-state index in [1.807, 2.05) is 25.7 Å². The first-order valence-corrected chi connectivity index (χ1v) is 10.4. The van der Waals surface area contributed by atoms with Crippen molar-refractivity contribution in [3.05, 3.63) is 0 Å². The van der Waals surface area contributed by atoms with E-state index < -0.39 is 15.4 Å². The van der Waals surface area contributed by atoms with Crippen LogP contribution in [0.1, 0.15) is 53.4 Å². The first-order chi connectivity index (χ1) is 10.6. The van der Waals surface area contributed by atoms with Gasteiger partial charge in [0.25, 0.3) is 0 Å². The van der Waals surface area contributed by atoms with Gasteiger partial charge in [0.1, 0.15) is 5.60 Å². The molecule has 2 bridgehead atoms. The minimum Gasteiger partial charge on any atom is -0.444 e. The van der Waals surface area contributed by atoms with Crippen LogP contribution in [0.3, 0.4) is 0 Å². The fraction of sp³-hybridized carbons (Fsp3) is 0.938. The Morgan fingerprint density at radius 1 is 1.22 bits per heavy atom. The summed E-state index contributed by atoms with van der Waals surface area (Å²) in [5, 5.41) is 3.36. The Labute approximate surface area is 139 Å². The summed E-state index contributed by atoms with van der Waals surface area (Å²) >= 11 is 0. The molecule has 6 nitrogen and oxygen atoms in total. The molecule has 0 radical (unpaired) electrons. The number of hydrogen-bond donors (Lipinski definition) is 1. The Balaban J connectivity index is 1.86. The maximum atomic E-state index is 12.4. The molecule has 2 saturated heterocycles. The lowest BCUT2D eigenvalue weighted by molar-refractivity contribution is 0.00483. The van der Waals surface area contributed by atoms with Gasteiger partial charge in [0, 0.05) is 30.4 Å². The topological polar surface area (TPSA) is 75.7 Å². The second kappa shape index (κ2) is 6.97. The molecule has 0 saturated carbocycles. The number of carbonyl (C=O) groups excluding carboxylic acids is 1. The van der Waals surface area contributed by atoms with Crippen LogP contribution in [0.2, 0.25) is 0 Å². The van der Waals surface area contributed by atoms with E-state index in [-0.39, 0.29) is 29.7 Å². The second-order valence-corrected chi connectivity index (χ2v) is 10.1. The number of piperidine rings is 1. The summed E-state index contributed by atoms with van der Waals surface area (Å²) in [6.07, 6.45) is 3.56. The number of rotatable bonds is 5. The zero-order valence-corrected chi connectivity index (χ0v) is 15.5. The summed E-state index contributed by atoms with van der Waals surface area (Å²) < 4.78 is 28.6. The molecular formula is C16H30N2O4S. The Hall–Kier alpha value is -0.820. The van der Waals surface area contributed by atoms with Gasteiger partial charge in [-0.2, -0.15) is 0 Å². The van der Waals surface area contributed by atoms with Crippen LogP contribution in [0.15, 0.2) is 0 Å². The van der Waals surface area contributed by atoms with Crippen LogP contribution in [0, 0.1) is 0 Å². The Morgan fingerprint density at radius 3 is 2.26 bits per heavy atom. The van der Waals surface area contributed by atoms with Crippen molar-refractivity contribution >= 4 is 15.9 Å². The average Bonchev–Trinajstić information content (AvgIpc) is 2.69. The van der Waals surface area contributed by atoms with Gasteiger partial charge >= 0.3 is 6.09 Å². The van der Waals surface area contributed by atoms with Gasteiger partial charge in [-0.15, -0.1) is 0 Å². The van der Waals surface area contributed by atoms with Gasteiger partial charge in [-0.1, -0.05) is 6.92 Å². The zero-order chi connectivity index (χ0) is 17.3. The van der Waals surface area contributed by atoms with Crippen molar-refractivity contribution in [2.45, 2.75) is 77.1 Å². The lowest BCUT2D eigenvalue weighted by atomic mass is 9.98. The number of hydrogen-bond acceptors (Lipinski definition) is 5. The molecule has 7 heteroatoms. The molecule has 23 heavy (non-hydrogen) atoms. The van der Waals surface area contributed by atoms with Crippen LogP contribution in [-0.4, -0.2) is 61.2 Å². The molecule has 1 N–H and O–H groups in total. The summed E-state index contributed by atoms with van der Waals surface area (Å²) in [5.74, 6) is 0.377. The van der Waals surface area contributed by atoms with Crippen molar-refractivity contribution in [3.8, 4) is 0 Å². The minimum absolute atomic E-state index is 0.186. The predicted molar refractivity (Wildman–Crippen MR) is 90.2 cm³/mol. The molecular weight excluding hydrogens is 316 g/mol. The van der Waals surface area contributed by atoms with Gasteiger partial charge in [0.15, 0.2) is 9.84 Å². The molecule has 2 atom stereocenters. The van der Waals surface area contributed by atoms with Crippen molar-refractivity contribution in [2.24, 2.45) is 0 Å². The molecule has 134 valence electrons. The van der Waals surface area contributed by atoms with Crippen molar-refractivity contribution in [3.63, 3.8) is 0 Å².